The van der Waals surface area contributed by atoms with Crippen LogP contribution in [-0.2, 0) is 23.4 Å². The number of ether oxygens (including phenoxy) is 3. The van der Waals surface area contributed by atoms with Gasteiger partial charge in [-0.15, -0.1) is 0 Å². The summed E-state index contributed by atoms with van der Waals surface area (Å²) in [5, 5.41) is 0. The Balaban J connectivity index is 1.24. The lowest BCUT2D eigenvalue weighted by atomic mass is 9.78. The third-order valence-electron chi connectivity index (χ3n) is 8.42. The molecule has 0 fully saturated rings. The number of benzene rings is 5. The smallest absolute Gasteiger partial charge is 0.340 e. The molecule has 0 unspecified atom stereocenters. The van der Waals surface area contributed by atoms with Gasteiger partial charge in [-0.1, -0.05) is 66.7 Å². The maximum Gasteiger partial charge on any atom is 0.340 e. The molecule has 6 heteroatoms. The molecule has 0 aliphatic carbocycles. The maximum atomic E-state index is 13.4. The van der Waals surface area contributed by atoms with Crippen LogP contribution in [0.5, 0.6) is 11.5 Å². The average Bonchev–Trinajstić information content (AvgIpc) is 3.37. The molecular formula is C36H28N2O4. The van der Waals surface area contributed by atoms with Crippen molar-refractivity contribution in [2.45, 2.75) is 18.7 Å². The van der Waals surface area contributed by atoms with E-state index in [0.29, 0.717) is 32.1 Å². The summed E-state index contributed by atoms with van der Waals surface area (Å²) >= 11 is 0. The zero-order chi connectivity index (χ0) is 28.1. The molecule has 0 bridgehead atoms. The molecular weight excluding hydrogens is 524 g/mol. The lowest BCUT2D eigenvalue weighted by molar-refractivity contribution is 0.0250. The van der Waals surface area contributed by atoms with Gasteiger partial charge in [0.15, 0.2) is 19.1 Å². The zero-order valence-corrected chi connectivity index (χ0v) is 22.9. The van der Waals surface area contributed by atoms with E-state index in [2.05, 4.69) is 46.2 Å². The van der Waals surface area contributed by atoms with E-state index in [1.165, 1.54) is 0 Å². The van der Waals surface area contributed by atoms with Gasteiger partial charge in [-0.25, -0.2) is 4.79 Å². The molecule has 6 nitrogen and oxygen atoms in total. The molecule has 8 rings (SSSR count). The molecule has 0 saturated heterocycles. The van der Waals surface area contributed by atoms with Crippen LogP contribution in [0.3, 0.4) is 0 Å². The number of carbonyl (C=O) groups excluding carboxylic acids is 1. The number of nitrogens with zero attached hydrogens (tertiary/aromatic N) is 2. The van der Waals surface area contributed by atoms with Crippen molar-refractivity contribution < 1.29 is 19.0 Å². The van der Waals surface area contributed by atoms with Gasteiger partial charge >= 0.3 is 5.97 Å². The second kappa shape index (κ2) is 9.70. The standard InChI is InChI=1S/C36H28N2O4/c39-35-31-13-7-8-14-32(31)36(42-35,27-15-17-33-25(19-27)21-37(23-40-33)29-9-3-1-4-10-29)28-16-18-34-26(20-28)22-38(24-41-34)30-11-5-2-6-12-30/h1-20H,21-24H2. The highest BCUT2D eigenvalue weighted by molar-refractivity contribution is 5.96. The van der Waals surface area contributed by atoms with Crippen LogP contribution in [0.4, 0.5) is 11.4 Å². The van der Waals surface area contributed by atoms with E-state index in [1.807, 2.05) is 84.9 Å². The van der Waals surface area contributed by atoms with Crippen molar-refractivity contribution in [3.8, 4) is 11.5 Å². The molecule has 0 amide bonds. The topological polar surface area (TPSA) is 51.2 Å². The molecule has 3 aliphatic rings. The normalized spacial score (nSPS) is 16.4. The number of esters is 1. The Kier molecular flexibility index (Phi) is 5.67. The average molecular weight is 553 g/mol. The SMILES string of the molecule is O=C1OC(c2ccc3c(c2)CN(c2ccccc2)CO3)(c2ccc3c(c2)CN(c2ccccc2)CO3)c2ccccc21. The number of hydrogen-bond acceptors (Lipinski definition) is 6. The summed E-state index contributed by atoms with van der Waals surface area (Å²) in [5.74, 6) is 1.36. The molecule has 3 heterocycles. The van der Waals surface area contributed by atoms with E-state index < -0.39 is 5.60 Å². The Morgan fingerprint density at radius 3 is 1.62 bits per heavy atom. The Labute approximate surface area is 244 Å². The van der Waals surface area contributed by atoms with Crippen LogP contribution >= 0.6 is 0 Å². The second-order valence-corrected chi connectivity index (χ2v) is 10.9. The summed E-state index contributed by atoms with van der Waals surface area (Å²) < 4.78 is 18.8. The molecule has 5 aromatic carbocycles. The molecule has 0 spiro atoms. The van der Waals surface area contributed by atoms with E-state index in [4.69, 9.17) is 14.2 Å². The van der Waals surface area contributed by atoms with Crippen molar-refractivity contribution in [3.63, 3.8) is 0 Å². The number of anilines is 2. The molecule has 5 aromatic rings. The van der Waals surface area contributed by atoms with Gasteiger partial charge in [0.25, 0.3) is 0 Å². The van der Waals surface area contributed by atoms with Gasteiger partial charge < -0.3 is 24.0 Å². The van der Waals surface area contributed by atoms with Gasteiger partial charge in [-0.3, -0.25) is 0 Å². The fourth-order valence-corrected chi connectivity index (χ4v) is 6.34. The predicted molar refractivity (Wildman–Crippen MR) is 161 cm³/mol. The molecule has 0 aromatic heterocycles. The largest absolute Gasteiger partial charge is 0.473 e. The van der Waals surface area contributed by atoms with Gasteiger partial charge in [-0.2, -0.15) is 0 Å². The quantitative estimate of drug-likeness (QED) is 0.227. The van der Waals surface area contributed by atoms with Crippen molar-refractivity contribution in [1.29, 1.82) is 0 Å². The van der Waals surface area contributed by atoms with E-state index in [9.17, 15) is 4.79 Å². The third-order valence-corrected chi connectivity index (χ3v) is 8.42. The summed E-state index contributed by atoms with van der Waals surface area (Å²) in [4.78, 5) is 17.8. The number of para-hydroxylation sites is 2. The minimum absolute atomic E-state index is 0.328. The van der Waals surface area contributed by atoms with Crippen molar-refractivity contribution >= 4 is 17.3 Å². The first-order valence-corrected chi connectivity index (χ1v) is 14.1. The Hall–Kier alpha value is -5.23. The first kappa shape index (κ1) is 24.6. The monoisotopic (exact) mass is 552 g/mol. The molecule has 0 radical (unpaired) electrons. The second-order valence-electron chi connectivity index (χ2n) is 10.9. The van der Waals surface area contributed by atoms with Gasteiger partial charge in [0.2, 0.25) is 0 Å². The third kappa shape index (κ3) is 3.90. The molecule has 0 atom stereocenters. The Morgan fingerprint density at radius 2 is 1.07 bits per heavy atom. The predicted octanol–water partition coefficient (Wildman–Crippen LogP) is 6.86. The molecule has 0 saturated carbocycles. The van der Waals surface area contributed by atoms with E-state index in [1.54, 1.807) is 0 Å². The highest BCUT2D eigenvalue weighted by Gasteiger charge is 2.49. The van der Waals surface area contributed by atoms with Crippen LogP contribution in [0.1, 0.15) is 38.2 Å². The van der Waals surface area contributed by atoms with Crippen molar-refractivity contribution in [3.05, 3.63) is 155 Å². The first-order chi connectivity index (χ1) is 20.7. The van der Waals surface area contributed by atoms with E-state index in [0.717, 1.165) is 50.7 Å². The molecule has 0 N–H and O–H groups in total. The van der Waals surface area contributed by atoms with Crippen LogP contribution in [0.2, 0.25) is 0 Å². The van der Waals surface area contributed by atoms with Crippen LogP contribution < -0.4 is 19.3 Å². The van der Waals surface area contributed by atoms with Crippen LogP contribution in [0.25, 0.3) is 0 Å². The summed E-state index contributed by atoms with van der Waals surface area (Å²) in [6, 6.07) is 40.5. The summed E-state index contributed by atoms with van der Waals surface area (Å²) in [5.41, 5.74) is 6.35. The lowest BCUT2D eigenvalue weighted by Crippen LogP contribution is -2.34. The van der Waals surface area contributed by atoms with Crippen LogP contribution in [0, 0.1) is 0 Å². The number of fused-ring (bicyclic) bond motifs is 3. The molecule has 206 valence electrons. The number of rotatable bonds is 4. The minimum atomic E-state index is -1.11. The van der Waals surface area contributed by atoms with Gasteiger partial charge in [0.1, 0.15) is 11.5 Å². The maximum absolute atomic E-state index is 13.4. The highest BCUT2D eigenvalue weighted by Crippen LogP contribution is 2.49. The highest BCUT2D eigenvalue weighted by atomic mass is 16.6. The molecule has 3 aliphatic heterocycles. The molecule has 42 heavy (non-hydrogen) atoms. The van der Waals surface area contributed by atoms with Crippen molar-refractivity contribution in [2.24, 2.45) is 0 Å². The van der Waals surface area contributed by atoms with Crippen LogP contribution in [0.15, 0.2) is 121 Å². The summed E-state index contributed by atoms with van der Waals surface area (Å²) in [6.45, 7) is 2.32. The Bertz CT molecular complexity index is 1700. The zero-order valence-electron chi connectivity index (χ0n) is 22.9. The summed E-state index contributed by atoms with van der Waals surface area (Å²) in [6.07, 6.45) is 0. The Morgan fingerprint density at radius 1 is 0.571 bits per heavy atom. The first-order valence-electron chi connectivity index (χ1n) is 14.1. The number of carbonyl (C=O) groups is 1. The van der Waals surface area contributed by atoms with Gasteiger partial charge in [-0.05, 0) is 54.6 Å². The fourth-order valence-electron chi connectivity index (χ4n) is 6.34. The van der Waals surface area contributed by atoms with Crippen LogP contribution in [-0.4, -0.2) is 19.4 Å². The number of cyclic esters (lactones) is 1. The van der Waals surface area contributed by atoms with Crippen molar-refractivity contribution in [2.75, 3.05) is 23.3 Å². The fraction of sp³-hybridized carbons (Fsp3) is 0.139. The van der Waals surface area contributed by atoms with E-state index in [-0.39, 0.29) is 5.97 Å². The summed E-state index contributed by atoms with van der Waals surface area (Å²) in [7, 11) is 0. The lowest BCUT2D eigenvalue weighted by Gasteiger charge is -2.35. The van der Waals surface area contributed by atoms with Gasteiger partial charge in [0.05, 0.1) is 5.56 Å². The number of hydrogen-bond donors (Lipinski definition) is 0. The van der Waals surface area contributed by atoms with E-state index >= 15 is 0 Å². The van der Waals surface area contributed by atoms with Gasteiger partial charge in [0, 0.05) is 52.3 Å². The van der Waals surface area contributed by atoms with Crippen molar-refractivity contribution in [1.82, 2.24) is 0 Å². The minimum Gasteiger partial charge on any atom is -0.473 e.